The first kappa shape index (κ1) is 25.4. The van der Waals surface area contributed by atoms with Gasteiger partial charge in [-0.1, -0.05) is 154 Å². The molecule has 1 rings (SSSR count). The molecule has 0 aromatic carbocycles. The molecule has 0 atom stereocenters. The second-order valence-electron chi connectivity index (χ2n) is 7.25. The largest absolute Gasteiger partial charge is 0.0845 e. The standard InChI is InChI=1S/C30H39/c1-2-4-6-8-10-12-14-16-18-20-22-24-26-28-30-29-27-25-23-21-19-17-15-13-11-9-7-5-3-1/h1-19H,20,22-30H2/b2-1-,5-3-,6-4-,9-7-,10-8-,13-11-,14-12-,17-15-,18-16?,21-19?. The van der Waals surface area contributed by atoms with E-state index in [1.807, 2.05) is 85.1 Å². The topological polar surface area (TPSA) is 0 Å². The minimum atomic E-state index is 1.07. The van der Waals surface area contributed by atoms with E-state index in [4.69, 9.17) is 0 Å². The van der Waals surface area contributed by atoms with Crippen LogP contribution in [0.4, 0.5) is 0 Å². The number of hydrogen-bond donors (Lipinski definition) is 0. The highest BCUT2D eigenvalue weighted by Crippen LogP contribution is 2.11. The Morgan fingerprint density at radius 3 is 1.20 bits per heavy atom. The van der Waals surface area contributed by atoms with Gasteiger partial charge in [0.2, 0.25) is 0 Å². The normalized spacial score (nSPS) is 28.3. The summed E-state index contributed by atoms with van der Waals surface area (Å²) in [5.41, 5.74) is 0. The Hall–Kier alpha value is -2.60. The van der Waals surface area contributed by atoms with Crippen LogP contribution in [0.25, 0.3) is 0 Å². The van der Waals surface area contributed by atoms with Crippen LogP contribution in [0.3, 0.4) is 0 Å². The lowest BCUT2D eigenvalue weighted by Crippen LogP contribution is -1.81. The molecule has 0 bridgehead atoms. The van der Waals surface area contributed by atoms with Crippen LogP contribution in [0.2, 0.25) is 0 Å². The zero-order chi connectivity index (χ0) is 21.2. The first-order chi connectivity index (χ1) is 15.0. The van der Waals surface area contributed by atoms with E-state index in [1.165, 1.54) is 57.8 Å². The van der Waals surface area contributed by atoms with Gasteiger partial charge in [0.25, 0.3) is 0 Å². The summed E-state index contributed by atoms with van der Waals surface area (Å²) >= 11 is 0. The van der Waals surface area contributed by atoms with Crippen LogP contribution in [0.1, 0.15) is 64.2 Å². The van der Waals surface area contributed by atoms with E-state index in [0.29, 0.717) is 0 Å². The van der Waals surface area contributed by atoms with Crippen LogP contribution in [0.15, 0.2) is 115 Å². The fraction of sp³-hybridized carbons (Fsp3) is 0.333. The summed E-state index contributed by atoms with van der Waals surface area (Å²) in [6.07, 6.45) is 55.5. The van der Waals surface area contributed by atoms with Crippen molar-refractivity contribution in [3.8, 4) is 0 Å². The second kappa shape index (κ2) is 22.7. The van der Waals surface area contributed by atoms with Gasteiger partial charge in [-0.3, -0.25) is 0 Å². The summed E-state index contributed by atoms with van der Waals surface area (Å²) < 4.78 is 0. The third kappa shape index (κ3) is 20.1. The smallest absolute Gasteiger partial charge is 0.0276 e. The number of allylic oxidation sites excluding steroid dienone is 20. The van der Waals surface area contributed by atoms with Crippen LogP contribution in [-0.4, -0.2) is 0 Å². The minimum absolute atomic E-state index is 1.07. The molecule has 0 aromatic rings. The molecule has 1 aliphatic carbocycles. The van der Waals surface area contributed by atoms with Crippen molar-refractivity contribution in [2.24, 2.45) is 0 Å². The molecular weight excluding hydrogens is 360 g/mol. The highest BCUT2D eigenvalue weighted by atomic mass is 14.0. The maximum absolute atomic E-state index is 3.36. The Bertz CT molecular complexity index is 609. The maximum Gasteiger partial charge on any atom is -0.0276 e. The summed E-state index contributed by atoms with van der Waals surface area (Å²) in [5, 5.41) is 0. The van der Waals surface area contributed by atoms with Crippen molar-refractivity contribution in [2.75, 3.05) is 0 Å². The molecule has 0 aromatic heterocycles. The SMILES string of the molecule is [C]1=C/C=C\C=C/C=C\C=C/C=C\C=C/C=C\C=C/C=CCCCCCCCCCC\1. The predicted molar refractivity (Wildman–Crippen MR) is 136 cm³/mol. The Kier molecular flexibility index (Phi) is 19.2. The Morgan fingerprint density at radius 1 is 0.333 bits per heavy atom. The van der Waals surface area contributed by atoms with Gasteiger partial charge >= 0.3 is 0 Å². The Balaban J connectivity index is 2.42. The van der Waals surface area contributed by atoms with Gasteiger partial charge in [-0.2, -0.15) is 0 Å². The van der Waals surface area contributed by atoms with E-state index < -0.39 is 0 Å². The number of hydrogen-bond acceptors (Lipinski definition) is 0. The van der Waals surface area contributed by atoms with Gasteiger partial charge in [0.05, 0.1) is 0 Å². The fourth-order valence-electron chi connectivity index (χ4n) is 2.89. The van der Waals surface area contributed by atoms with E-state index in [1.54, 1.807) is 0 Å². The first-order valence-electron chi connectivity index (χ1n) is 11.6. The predicted octanol–water partition coefficient (Wildman–Crippen LogP) is 9.27. The molecule has 159 valence electrons. The maximum atomic E-state index is 3.36. The molecule has 0 saturated carbocycles. The first-order valence-corrected chi connectivity index (χ1v) is 11.6. The number of rotatable bonds is 0. The van der Waals surface area contributed by atoms with Crippen LogP contribution >= 0.6 is 0 Å². The van der Waals surface area contributed by atoms with Crippen molar-refractivity contribution in [3.05, 3.63) is 122 Å². The second-order valence-corrected chi connectivity index (χ2v) is 7.25. The van der Waals surface area contributed by atoms with Gasteiger partial charge in [0, 0.05) is 0 Å². The highest BCUT2D eigenvalue weighted by molar-refractivity contribution is 5.22. The van der Waals surface area contributed by atoms with E-state index in [0.717, 1.165) is 6.42 Å². The molecule has 0 aliphatic heterocycles. The van der Waals surface area contributed by atoms with Crippen molar-refractivity contribution in [3.63, 3.8) is 0 Å². The molecule has 0 saturated heterocycles. The van der Waals surface area contributed by atoms with Gasteiger partial charge in [0.1, 0.15) is 0 Å². The summed E-state index contributed by atoms with van der Waals surface area (Å²) in [6, 6.07) is 0. The lowest BCUT2D eigenvalue weighted by Gasteiger charge is -2.00. The van der Waals surface area contributed by atoms with Crippen LogP contribution in [-0.2, 0) is 0 Å². The molecular formula is C30H39. The molecule has 1 radical (unpaired) electrons. The molecule has 0 heteroatoms. The summed E-state index contributed by atoms with van der Waals surface area (Å²) in [5.74, 6) is 0. The molecule has 30 heavy (non-hydrogen) atoms. The molecule has 0 nitrogen and oxygen atoms in total. The monoisotopic (exact) mass is 399 g/mol. The molecule has 0 heterocycles. The van der Waals surface area contributed by atoms with Crippen molar-refractivity contribution < 1.29 is 0 Å². The molecule has 0 spiro atoms. The Labute approximate surface area is 185 Å². The fourth-order valence-corrected chi connectivity index (χ4v) is 2.89. The average molecular weight is 400 g/mol. The van der Waals surface area contributed by atoms with Crippen molar-refractivity contribution in [1.29, 1.82) is 0 Å². The van der Waals surface area contributed by atoms with Crippen LogP contribution < -0.4 is 0 Å². The lowest BCUT2D eigenvalue weighted by atomic mass is 10.1. The van der Waals surface area contributed by atoms with Gasteiger partial charge in [-0.15, -0.1) is 0 Å². The van der Waals surface area contributed by atoms with E-state index in [2.05, 4.69) is 36.5 Å². The molecule has 0 N–H and O–H groups in total. The molecule has 0 amide bonds. The van der Waals surface area contributed by atoms with Gasteiger partial charge in [-0.05, 0) is 31.8 Å². The summed E-state index contributed by atoms with van der Waals surface area (Å²) in [4.78, 5) is 0. The van der Waals surface area contributed by atoms with Crippen molar-refractivity contribution >= 4 is 0 Å². The van der Waals surface area contributed by atoms with Crippen molar-refractivity contribution in [2.45, 2.75) is 64.2 Å². The van der Waals surface area contributed by atoms with E-state index >= 15 is 0 Å². The summed E-state index contributed by atoms with van der Waals surface area (Å²) in [6.45, 7) is 0. The van der Waals surface area contributed by atoms with Gasteiger partial charge in [-0.25, -0.2) is 0 Å². The van der Waals surface area contributed by atoms with Gasteiger partial charge < -0.3 is 0 Å². The highest BCUT2D eigenvalue weighted by Gasteiger charge is 1.91. The Morgan fingerprint density at radius 2 is 0.700 bits per heavy atom. The lowest BCUT2D eigenvalue weighted by molar-refractivity contribution is 0.570. The van der Waals surface area contributed by atoms with E-state index in [9.17, 15) is 0 Å². The molecule has 0 unspecified atom stereocenters. The third-order valence-electron chi connectivity index (χ3n) is 4.57. The minimum Gasteiger partial charge on any atom is -0.0845 e. The third-order valence-corrected chi connectivity index (χ3v) is 4.57. The van der Waals surface area contributed by atoms with Crippen molar-refractivity contribution in [1.82, 2.24) is 0 Å². The molecule has 0 fully saturated rings. The van der Waals surface area contributed by atoms with Crippen LogP contribution in [0.5, 0.6) is 0 Å². The zero-order valence-corrected chi connectivity index (χ0v) is 18.5. The summed E-state index contributed by atoms with van der Waals surface area (Å²) in [7, 11) is 0. The van der Waals surface area contributed by atoms with Gasteiger partial charge in [0.15, 0.2) is 0 Å². The quantitative estimate of drug-likeness (QED) is 0.380. The molecule has 1 aliphatic rings. The van der Waals surface area contributed by atoms with Crippen LogP contribution in [0, 0.1) is 6.08 Å². The zero-order valence-electron chi connectivity index (χ0n) is 18.5. The van der Waals surface area contributed by atoms with E-state index in [-0.39, 0.29) is 0 Å². The average Bonchev–Trinajstić information content (AvgIpc) is 2.76.